The van der Waals surface area contributed by atoms with Crippen molar-refractivity contribution in [1.82, 2.24) is 14.9 Å². The van der Waals surface area contributed by atoms with Gasteiger partial charge in [0.1, 0.15) is 5.82 Å². The Bertz CT molecular complexity index is 1100. The molecular formula is C21H23ClFN3O4S. The van der Waals surface area contributed by atoms with Crippen LogP contribution >= 0.6 is 11.6 Å². The molecule has 0 atom stereocenters. The molecule has 1 aliphatic rings. The number of hydrogen-bond acceptors (Lipinski definition) is 4. The lowest BCUT2D eigenvalue weighted by atomic mass is 10.1. The minimum atomic E-state index is -3.68. The van der Waals surface area contributed by atoms with Gasteiger partial charge in [0, 0.05) is 31.7 Å². The molecule has 0 bridgehead atoms. The molecule has 3 rings (SSSR count). The van der Waals surface area contributed by atoms with Crippen LogP contribution in [0.1, 0.15) is 39.1 Å². The van der Waals surface area contributed by atoms with Crippen molar-refractivity contribution in [3.8, 4) is 0 Å². The summed E-state index contributed by atoms with van der Waals surface area (Å²) in [6.45, 7) is 2.69. The first-order valence-electron chi connectivity index (χ1n) is 9.82. The zero-order valence-corrected chi connectivity index (χ0v) is 18.5. The van der Waals surface area contributed by atoms with Crippen LogP contribution in [0.25, 0.3) is 0 Å². The van der Waals surface area contributed by atoms with Crippen molar-refractivity contribution in [2.24, 2.45) is 0 Å². The summed E-state index contributed by atoms with van der Waals surface area (Å²) in [5.41, 5.74) is 0.654. The Morgan fingerprint density at radius 2 is 1.68 bits per heavy atom. The first kappa shape index (κ1) is 23.2. The number of rotatable bonds is 7. The summed E-state index contributed by atoms with van der Waals surface area (Å²) in [5, 5.41) is 5.30. The number of carbonyl (C=O) groups is 2. The average molecular weight is 468 g/mol. The molecule has 0 aliphatic carbocycles. The van der Waals surface area contributed by atoms with Gasteiger partial charge >= 0.3 is 0 Å². The zero-order chi connectivity index (χ0) is 22.6. The van der Waals surface area contributed by atoms with Crippen molar-refractivity contribution < 1.29 is 22.4 Å². The molecule has 2 aromatic rings. The highest BCUT2D eigenvalue weighted by Gasteiger charge is 2.28. The van der Waals surface area contributed by atoms with Gasteiger partial charge in [0.25, 0.3) is 11.8 Å². The molecule has 0 spiro atoms. The lowest BCUT2D eigenvalue weighted by Crippen LogP contribution is -2.35. The van der Waals surface area contributed by atoms with Crippen LogP contribution in [0.15, 0.2) is 41.3 Å². The smallest absolute Gasteiger partial charge is 0.252 e. The van der Waals surface area contributed by atoms with Crippen molar-refractivity contribution in [2.45, 2.75) is 24.7 Å². The summed E-state index contributed by atoms with van der Waals surface area (Å²) in [4.78, 5) is 24.6. The molecule has 1 fully saturated rings. The van der Waals surface area contributed by atoms with Crippen LogP contribution in [0.2, 0.25) is 5.02 Å². The number of nitrogens with one attached hydrogen (secondary N) is 2. The first-order valence-corrected chi connectivity index (χ1v) is 11.6. The summed E-state index contributed by atoms with van der Waals surface area (Å²) < 4.78 is 40.4. The van der Waals surface area contributed by atoms with Crippen molar-refractivity contribution in [2.75, 3.05) is 26.2 Å². The molecule has 0 unspecified atom stereocenters. The van der Waals surface area contributed by atoms with Crippen LogP contribution in [0, 0.1) is 12.7 Å². The van der Waals surface area contributed by atoms with Gasteiger partial charge in [0.2, 0.25) is 10.0 Å². The monoisotopic (exact) mass is 467 g/mol. The average Bonchev–Trinajstić information content (AvgIpc) is 3.29. The van der Waals surface area contributed by atoms with Crippen molar-refractivity contribution in [3.05, 3.63) is 63.9 Å². The van der Waals surface area contributed by atoms with Gasteiger partial charge in [-0.05, 0) is 55.7 Å². The summed E-state index contributed by atoms with van der Waals surface area (Å²) in [6.07, 6.45) is 1.61. The highest BCUT2D eigenvalue weighted by molar-refractivity contribution is 7.89. The number of nitrogens with zero attached hydrogens (tertiary/aromatic N) is 1. The standard InChI is InChI=1S/C21H23ClFN3O4S/c1-14-4-5-15(12-19(14)23)20(27)24-8-9-25-21(28)17-13-16(6-7-18(17)22)31(29,30)26-10-2-3-11-26/h4-7,12-13H,2-3,8-11H2,1H3,(H,24,27)(H,25,28). The maximum Gasteiger partial charge on any atom is 0.252 e. The van der Waals surface area contributed by atoms with Crippen molar-refractivity contribution >= 4 is 33.4 Å². The molecule has 166 valence electrons. The topological polar surface area (TPSA) is 95.6 Å². The molecule has 0 radical (unpaired) electrons. The number of benzene rings is 2. The van der Waals surface area contributed by atoms with Crippen LogP contribution in [0.5, 0.6) is 0 Å². The Balaban J connectivity index is 1.59. The summed E-state index contributed by atoms with van der Waals surface area (Å²) in [6, 6.07) is 8.20. The fourth-order valence-corrected chi connectivity index (χ4v) is 4.95. The molecule has 0 aromatic heterocycles. The second-order valence-electron chi connectivity index (χ2n) is 7.23. The molecule has 2 aromatic carbocycles. The molecule has 10 heteroatoms. The van der Waals surface area contributed by atoms with E-state index in [0.717, 1.165) is 18.9 Å². The predicted octanol–water partition coefficient (Wildman–Crippen LogP) is 2.73. The van der Waals surface area contributed by atoms with E-state index < -0.39 is 27.7 Å². The molecule has 1 heterocycles. The van der Waals surface area contributed by atoms with Gasteiger partial charge in [0.05, 0.1) is 15.5 Å². The first-order chi connectivity index (χ1) is 14.7. The predicted molar refractivity (Wildman–Crippen MR) is 115 cm³/mol. The van der Waals surface area contributed by atoms with E-state index >= 15 is 0 Å². The van der Waals surface area contributed by atoms with Crippen molar-refractivity contribution in [1.29, 1.82) is 0 Å². The Morgan fingerprint density at radius 1 is 1.03 bits per heavy atom. The lowest BCUT2D eigenvalue weighted by molar-refractivity contribution is 0.0927. The molecule has 2 N–H and O–H groups in total. The molecule has 2 amide bonds. The van der Waals surface area contributed by atoms with Gasteiger partial charge in [-0.15, -0.1) is 0 Å². The van der Waals surface area contributed by atoms with E-state index in [1.165, 1.54) is 34.6 Å². The number of aryl methyl sites for hydroxylation is 1. The van der Waals surface area contributed by atoms with E-state index in [2.05, 4.69) is 10.6 Å². The van der Waals surface area contributed by atoms with E-state index in [1.54, 1.807) is 6.92 Å². The third kappa shape index (κ3) is 5.41. The third-order valence-electron chi connectivity index (χ3n) is 5.02. The van der Waals surface area contributed by atoms with Crippen LogP contribution < -0.4 is 10.6 Å². The van der Waals surface area contributed by atoms with E-state index in [0.29, 0.717) is 18.7 Å². The second kappa shape index (κ2) is 9.76. The lowest BCUT2D eigenvalue weighted by Gasteiger charge is -2.16. The van der Waals surface area contributed by atoms with Crippen LogP contribution in [0.4, 0.5) is 4.39 Å². The SMILES string of the molecule is Cc1ccc(C(=O)NCCNC(=O)c2cc(S(=O)(=O)N3CCCC3)ccc2Cl)cc1F. The minimum absolute atomic E-state index is 0.0126. The van der Waals surface area contributed by atoms with Gasteiger partial charge in [0.15, 0.2) is 0 Å². The number of carbonyl (C=O) groups excluding carboxylic acids is 2. The Morgan fingerprint density at radius 3 is 2.32 bits per heavy atom. The minimum Gasteiger partial charge on any atom is -0.350 e. The molecule has 1 saturated heterocycles. The van der Waals surface area contributed by atoms with E-state index in [-0.39, 0.29) is 34.1 Å². The van der Waals surface area contributed by atoms with E-state index in [9.17, 15) is 22.4 Å². The van der Waals surface area contributed by atoms with Crippen LogP contribution in [0.3, 0.4) is 0 Å². The Labute approximate surface area is 185 Å². The summed E-state index contributed by atoms with van der Waals surface area (Å²) in [7, 11) is -3.68. The fraction of sp³-hybridized carbons (Fsp3) is 0.333. The maximum absolute atomic E-state index is 13.6. The zero-order valence-electron chi connectivity index (χ0n) is 17.0. The number of hydrogen-bond donors (Lipinski definition) is 2. The maximum atomic E-state index is 13.6. The van der Waals surface area contributed by atoms with E-state index in [1.807, 2.05) is 0 Å². The molecule has 1 aliphatic heterocycles. The largest absolute Gasteiger partial charge is 0.350 e. The molecule has 0 saturated carbocycles. The highest BCUT2D eigenvalue weighted by Crippen LogP contribution is 2.25. The fourth-order valence-electron chi connectivity index (χ4n) is 3.20. The Hall–Kier alpha value is -2.49. The van der Waals surface area contributed by atoms with Gasteiger partial charge < -0.3 is 10.6 Å². The molecule has 31 heavy (non-hydrogen) atoms. The second-order valence-corrected chi connectivity index (χ2v) is 9.57. The van der Waals surface area contributed by atoms with Crippen molar-refractivity contribution in [3.63, 3.8) is 0 Å². The van der Waals surface area contributed by atoms with Crippen LogP contribution in [-0.4, -0.2) is 50.7 Å². The molecular weight excluding hydrogens is 445 g/mol. The normalized spacial score (nSPS) is 14.4. The number of halogens is 2. The van der Waals surface area contributed by atoms with Gasteiger partial charge in [-0.3, -0.25) is 9.59 Å². The van der Waals surface area contributed by atoms with Crippen LogP contribution in [-0.2, 0) is 10.0 Å². The number of sulfonamides is 1. The van der Waals surface area contributed by atoms with Gasteiger partial charge in [-0.2, -0.15) is 4.31 Å². The summed E-state index contributed by atoms with van der Waals surface area (Å²) >= 11 is 6.10. The molecule has 7 nitrogen and oxygen atoms in total. The number of amides is 2. The van der Waals surface area contributed by atoms with E-state index in [4.69, 9.17) is 11.6 Å². The third-order valence-corrected chi connectivity index (χ3v) is 7.24. The Kier molecular flexibility index (Phi) is 7.30. The quantitative estimate of drug-likeness (QED) is 0.612. The van der Waals surface area contributed by atoms with Gasteiger partial charge in [-0.1, -0.05) is 17.7 Å². The van der Waals surface area contributed by atoms with Gasteiger partial charge in [-0.25, -0.2) is 12.8 Å². The summed E-state index contributed by atoms with van der Waals surface area (Å²) in [5.74, 6) is -1.50. The highest BCUT2D eigenvalue weighted by atomic mass is 35.5.